The van der Waals surface area contributed by atoms with Crippen LogP contribution in [0.1, 0.15) is 49.7 Å². The number of esters is 1. The van der Waals surface area contributed by atoms with E-state index in [1.807, 2.05) is 0 Å². The summed E-state index contributed by atoms with van der Waals surface area (Å²) in [4.78, 5) is 16.2. The fourth-order valence-electron chi connectivity index (χ4n) is 2.96. The third kappa shape index (κ3) is 2.14. The third-order valence-electron chi connectivity index (χ3n) is 4.17. The Morgan fingerprint density at radius 1 is 1.32 bits per heavy atom. The maximum Gasteiger partial charge on any atom is 0.312 e. The monoisotopic (exact) mass is 264 g/mol. The molecule has 2 aliphatic heterocycles. The van der Waals surface area contributed by atoms with Crippen LogP contribution < -0.4 is 0 Å². The molecule has 2 saturated heterocycles. The minimum Gasteiger partial charge on any atom is -0.455 e. The molecule has 0 spiro atoms. The zero-order valence-electron chi connectivity index (χ0n) is 10.6. The van der Waals surface area contributed by atoms with Gasteiger partial charge in [0.15, 0.2) is 12.4 Å². The quantitative estimate of drug-likeness (QED) is 0.768. The molecule has 0 unspecified atom stereocenters. The fraction of sp³-hybridized carbons (Fsp3) is 0.769. The van der Waals surface area contributed by atoms with E-state index >= 15 is 0 Å². The predicted octanol–water partition coefficient (Wildman–Crippen LogP) is 1.56. The Labute approximate surface area is 110 Å². The summed E-state index contributed by atoms with van der Waals surface area (Å²) in [6.07, 6.45) is 5.40. The molecule has 0 amide bonds. The summed E-state index contributed by atoms with van der Waals surface area (Å²) in [7, 11) is 0. The van der Waals surface area contributed by atoms with Gasteiger partial charge in [-0.25, -0.2) is 0 Å². The van der Waals surface area contributed by atoms with Crippen molar-refractivity contribution in [3.8, 4) is 0 Å². The van der Waals surface area contributed by atoms with Gasteiger partial charge in [0.05, 0.1) is 18.1 Å². The van der Waals surface area contributed by atoms with Gasteiger partial charge in [-0.3, -0.25) is 4.79 Å². The second kappa shape index (κ2) is 4.30. The summed E-state index contributed by atoms with van der Waals surface area (Å²) >= 11 is 0. The fourth-order valence-corrected chi connectivity index (χ4v) is 2.96. The number of aromatic nitrogens is 2. The van der Waals surface area contributed by atoms with Crippen molar-refractivity contribution in [2.75, 3.05) is 0 Å². The first-order chi connectivity index (χ1) is 9.29. The van der Waals surface area contributed by atoms with E-state index in [2.05, 4.69) is 10.1 Å². The van der Waals surface area contributed by atoms with Gasteiger partial charge in [-0.15, -0.1) is 0 Å². The summed E-state index contributed by atoms with van der Waals surface area (Å²) in [6, 6.07) is 0. The van der Waals surface area contributed by atoms with Crippen LogP contribution in [0.25, 0.3) is 0 Å². The molecule has 102 valence electrons. The van der Waals surface area contributed by atoms with E-state index in [1.54, 1.807) is 0 Å². The van der Waals surface area contributed by atoms with Crippen molar-refractivity contribution in [3.05, 3.63) is 11.7 Å². The molecule has 19 heavy (non-hydrogen) atoms. The third-order valence-corrected chi connectivity index (χ3v) is 4.17. The second-order valence-corrected chi connectivity index (χ2v) is 5.64. The van der Waals surface area contributed by atoms with Crippen LogP contribution in [0, 0.1) is 5.92 Å². The first-order valence-corrected chi connectivity index (χ1v) is 6.94. The Bertz CT molecular complexity index is 497. The number of fused-ring (bicyclic) bond motifs is 2. The molecule has 2 bridgehead atoms. The molecule has 0 aromatic carbocycles. The second-order valence-electron chi connectivity index (χ2n) is 5.64. The number of carbonyl (C=O) groups is 1. The Morgan fingerprint density at radius 2 is 2.21 bits per heavy atom. The summed E-state index contributed by atoms with van der Waals surface area (Å²) in [5, 5.41) is 3.89. The minimum atomic E-state index is -0.196. The number of ether oxygens (including phenoxy) is 2. The normalized spacial score (nSPS) is 32.7. The van der Waals surface area contributed by atoms with E-state index in [1.165, 1.54) is 0 Å². The Balaban J connectivity index is 1.32. The molecule has 1 aromatic rings. The standard InChI is InChI=1S/C13H16N2O4/c16-13(9-5-8-3-4-10(9)18-8)17-6-11-14-12(15-19-11)7-1-2-7/h7-10H,1-6H2/t8-,9+,10+/m0/s1. The largest absolute Gasteiger partial charge is 0.455 e. The van der Waals surface area contributed by atoms with Crippen molar-refractivity contribution in [1.82, 2.24) is 10.1 Å². The molecule has 0 N–H and O–H groups in total. The Morgan fingerprint density at radius 3 is 2.89 bits per heavy atom. The number of hydrogen-bond acceptors (Lipinski definition) is 6. The van der Waals surface area contributed by atoms with E-state index in [-0.39, 0.29) is 30.7 Å². The highest BCUT2D eigenvalue weighted by atomic mass is 16.6. The first kappa shape index (κ1) is 11.4. The molecule has 3 aliphatic rings. The van der Waals surface area contributed by atoms with Crippen molar-refractivity contribution < 1.29 is 18.8 Å². The zero-order valence-corrected chi connectivity index (χ0v) is 10.6. The van der Waals surface area contributed by atoms with Crippen molar-refractivity contribution in [3.63, 3.8) is 0 Å². The molecule has 1 aliphatic carbocycles. The predicted molar refractivity (Wildman–Crippen MR) is 62.1 cm³/mol. The maximum atomic E-state index is 12.0. The van der Waals surface area contributed by atoms with Gasteiger partial charge >= 0.3 is 5.97 Å². The van der Waals surface area contributed by atoms with Gasteiger partial charge in [-0.1, -0.05) is 5.16 Å². The van der Waals surface area contributed by atoms with E-state index in [9.17, 15) is 4.79 Å². The van der Waals surface area contributed by atoms with Crippen LogP contribution in [0.3, 0.4) is 0 Å². The molecular weight excluding hydrogens is 248 g/mol. The van der Waals surface area contributed by atoms with Crippen LogP contribution in [0.4, 0.5) is 0 Å². The highest BCUT2D eigenvalue weighted by molar-refractivity contribution is 5.73. The lowest BCUT2D eigenvalue weighted by molar-refractivity contribution is -0.152. The van der Waals surface area contributed by atoms with Gasteiger partial charge in [0.2, 0.25) is 0 Å². The van der Waals surface area contributed by atoms with Gasteiger partial charge in [0.25, 0.3) is 5.89 Å². The van der Waals surface area contributed by atoms with Crippen LogP contribution in [0.5, 0.6) is 0 Å². The summed E-state index contributed by atoms with van der Waals surface area (Å²) in [6.45, 7) is 0.0758. The van der Waals surface area contributed by atoms with Gasteiger partial charge < -0.3 is 14.0 Å². The van der Waals surface area contributed by atoms with E-state index in [0.717, 1.165) is 37.9 Å². The Hall–Kier alpha value is -1.43. The summed E-state index contributed by atoms with van der Waals surface area (Å²) in [5.74, 6) is 1.28. The average molecular weight is 264 g/mol. The van der Waals surface area contributed by atoms with E-state index in [4.69, 9.17) is 14.0 Å². The van der Waals surface area contributed by atoms with Crippen molar-refractivity contribution >= 4 is 5.97 Å². The summed E-state index contributed by atoms with van der Waals surface area (Å²) < 4.78 is 16.0. The first-order valence-electron chi connectivity index (χ1n) is 6.94. The van der Waals surface area contributed by atoms with E-state index in [0.29, 0.717) is 11.8 Å². The number of nitrogens with zero attached hydrogens (tertiary/aromatic N) is 2. The molecule has 1 aromatic heterocycles. The topological polar surface area (TPSA) is 74.5 Å². The Kier molecular flexibility index (Phi) is 2.58. The maximum absolute atomic E-state index is 12.0. The lowest BCUT2D eigenvalue weighted by Crippen LogP contribution is -2.27. The molecule has 6 heteroatoms. The lowest BCUT2D eigenvalue weighted by atomic mass is 9.89. The molecule has 1 saturated carbocycles. The molecule has 3 heterocycles. The van der Waals surface area contributed by atoms with Crippen LogP contribution in [0.15, 0.2) is 4.52 Å². The minimum absolute atomic E-state index is 0.0576. The van der Waals surface area contributed by atoms with Crippen molar-refractivity contribution in [2.24, 2.45) is 5.92 Å². The molecule has 3 fully saturated rings. The van der Waals surface area contributed by atoms with Gasteiger partial charge in [0.1, 0.15) is 0 Å². The number of rotatable bonds is 4. The highest BCUT2D eigenvalue weighted by Gasteiger charge is 2.45. The summed E-state index contributed by atoms with van der Waals surface area (Å²) in [5.41, 5.74) is 0. The molecule has 6 nitrogen and oxygen atoms in total. The lowest BCUT2D eigenvalue weighted by Gasteiger charge is -2.16. The number of carbonyl (C=O) groups excluding carboxylic acids is 1. The van der Waals surface area contributed by atoms with Gasteiger partial charge in [-0.05, 0) is 32.1 Å². The SMILES string of the molecule is O=C(OCc1nc(C2CC2)no1)[C@@H]1C[C@@H]2CC[C@H]1O2. The van der Waals surface area contributed by atoms with Crippen LogP contribution in [-0.4, -0.2) is 28.3 Å². The van der Waals surface area contributed by atoms with E-state index < -0.39 is 0 Å². The van der Waals surface area contributed by atoms with Crippen molar-refractivity contribution in [2.45, 2.75) is 56.8 Å². The highest BCUT2D eigenvalue weighted by Crippen LogP contribution is 2.40. The van der Waals surface area contributed by atoms with Crippen molar-refractivity contribution in [1.29, 1.82) is 0 Å². The molecule has 4 rings (SSSR count). The number of hydrogen-bond donors (Lipinski definition) is 0. The van der Waals surface area contributed by atoms with Crippen LogP contribution in [0.2, 0.25) is 0 Å². The smallest absolute Gasteiger partial charge is 0.312 e. The van der Waals surface area contributed by atoms with Gasteiger partial charge in [-0.2, -0.15) is 4.98 Å². The zero-order chi connectivity index (χ0) is 12.8. The molecular formula is C13H16N2O4. The van der Waals surface area contributed by atoms with Crippen LogP contribution in [-0.2, 0) is 20.9 Å². The van der Waals surface area contributed by atoms with Gasteiger partial charge in [0, 0.05) is 5.92 Å². The molecule has 0 radical (unpaired) electrons. The van der Waals surface area contributed by atoms with Crippen LogP contribution >= 0.6 is 0 Å². The molecule has 3 atom stereocenters. The average Bonchev–Trinajstić information content (AvgIpc) is 2.89.